The van der Waals surface area contributed by atoms with Crippen molar-refractivity contribution in [3.63, 3.8) is 0 Å². The summed E-state index contributed by atoms with van der Waals surface area (Å²) < 4.78 is 31.2. The second-order valence-electron chi connectivity index (χ2n) is 6.18. The van der Waals surface area contributed by atoms with Gasteiger partial charge in [0.05, 0.1) is 17.5 Å². The van der Waals surface area contributed by atoms with Crippen molar-refractivity contribution in [2.75, 3.05) is 6.54 Å². The van der Waals surface area contributed by atoms with Crippen LogP contribution in [0.5, 0.6) is 0 Å². The second-order valence-corrected chi connectivity index (χ2v) is 6.18. The molecule has 0 unspecified atom stereocenters. The van der Waals surface area contributed by atoms with Gasteiger partial charge in [-0.05, 0) is 37.3 Å². The van der Waals surface area contributed by atoms with E-state index in [1.165, 1.54) is 19.1 Å². The van der Waals surface area contributed by atoms with E-state index in [1.54, 1.807) is 12.1 Å². The molecule has 6 nitrogen and oxygen atoms in total. The Labute approximate surface area is 158 Å². The monoisotopic (exact) mass is 387 g/mol. The first-order valence-corrected chi connectivity index (χ1v) is 8.43. The number of benzene rings is 2. The van der Waals surface area contributed by atoms with Crippen LogP contribution in [0.1, 0.15) is 44.4 Å². The molecule has 0 spiro atoms. The lowest BCUT2D eigenvalue weighted by Gasteiger charge is -2.15. The molecule has 0 fully saturated rings. The Balaban J connectivity index is 1.57. The van der Waals surface area contributed by atoms with Crippen molar-refractivity contribution in [2.24, 2.45) is 0 Å². The van der Waals surface area contributed by atoms with Crippen LogP contribution in [0.25, 0.3) is 0 Å². The van der Waals surface area contributed by atoms with Crippen molar-refractivity contribution in [1.82, 2.24) is 4.90 Å². The number of rotatable bonds is 6. The van der Waals surface area contributed by atoms with Crippen molar-refractivity contribution < 1.29 is 32.7 Å². The molecule has 0 bridgehead atoms. The summed E-state index contributed by atoms with van der Waals surface area (Å²) >= 11 is 0. The molecule has 2 aromatic carbocycles. The first-order valence-electron chi connectivity index (χ1n) is 8.43. The average molecular weight is 387 g/mol. The molecule has 3 rings (SSSR count). The van der Waals surface area contributed by atoms with E-state index in [9.17, 15) is 28.0 Å². The van der Waals surface area contributed by atoms with Gasteiger partial charge in [-0.15, -0.1) is 0 Å². The van der Waals surface area contributed by atoms with Crippen molar-refractivity contribution in [2.45, 2.75) is 19.4 Å². The van der Waals surface area contributed by atoms with Gasteiger partial charge in [-0.3, -0.25) is 24.1 Å². The number of ketones is 1. The van der Waals surface area contributed by atoms with Gasteiger partial charge in [0, 0.05) is 12.1 Å². The van der Waals surface area contributed by atoms with Crippen molar-refractivity contribution in [3.8, 4) is 0 Å². The number of ether oxygens (including phenoxy) is 1. The van der Waals surface area contributed by atoms with Gasteiger partial charge in [-0.2, -0.15) is 0 Å². The molecule has 1 aliphatic heterocycles. The number of hydrogen-bond acceptors (Lipinski definition) is 5. The van der Waals surface area contributed by atoms with Gasteiger partial charge in [-0.1, -0.05) is 12.1 Å². The molecule has 0 saturated carbocycles. The Kier molecular flexibility index (Phi) is 5.30. The maximum Gasteiger partial charge on any atom is 0.308 e. The van der Waals surface area contributed by atoms with E-state index in [0.717, 1.165) is 23.1 Å². The third kappa shape index (κ3) is 3.66. The standard InChI is InChI=1S/C20H15F2NO5/c1-11(18(25)12-6-7-15(21)16(22)10-12)28-17(24)8-9-23-19(26)13-4-2-3-5-14(13)20(23)27/h2-7,10-11H,8-9H2,1H3/t11-/m1/s1. The van der Waals surface area contributed by atoms with Crippen LogP contribution in [0.2, 0.25) is 0 Å². The summed E-state index contributed by atoms with van der Waals surface area (Å²) in [4.78, 5) is 49.6. The molecule has 8 heteroatoms. The Morgan fingerprint density at radius 2 is 1.61 bits per heavy atom. The van der Waals surface area contributed by atoms with E-state index < -0.39 is 41.3 Å². The zero-order chi connectivity index (χ0) is 20.4. The molecule has 144 valence electrons. The van der Waals surface area contributed by atoms with Crippen LogP contribution in [0.15, 0.2) is 42.5 Å². The van der Waals surface area contributed by atoms with Gasteiger partial charge in [0.2, 0.25) is 5.78 Å². The fraction of sp³-hybridized carbons (Fsp3) is 0.200. The quantitative estimate of drug-likeness (QED) is 0.433. The fourth-order valence-electron chi connectivity index (χ4n) is 2.84. The normalized spacial score (nSPS) is 14.0. The Bertz CT molecular complexity index is 953. The summed E-state index contributed by atoms with van der Waals surface area (Å²) in [5.41, 5.74) is 0.394. The first-order chi connectivity index (χ1) is 13.3. The number of halogens is 2. The van der Waals surface area contributed by atoms with Crippen LogP contribution in [0.3, 0.4) is 0 Å². The predicted molar refractivity (Wildman–Crippen MR) is 92.7 cm³/mol. The average Bonchev–Trinajstić information content (AvgIpc) is 2.92. The van der Waals surface area contributed by atoms with Crippen LogP contribution in [0.4, 0.5) is 8.78 Å². The van der Waals surface area contributed by atoms with E-state index in [4.69, 9.17) is 4.74 Å². The van der Waals surface area contributed by atoms with Crippen molar-refractivity contribution >= 4 is 23.6 Å². The number of Topliss-reactive ketones (excluding diaryl/α,β-unsaturated/α-hetero) is 1. The van der Waals surface area contributed by atoms with Gasteiger partial charge < -0.3 is 4.74 Å². The third-order valence-corrected chi connectivity index (χ3v) is 4.30. The van der Waals surface area contributed by atoms with Crippen LogP contribution in [-0.4, -0.2) is 41.1 Å². The Morgan fingerprint density at radius 1 is 1.00 bits per heavy atom. The number of esters is 1. The van der Waals surface area contributed by atoms with Crippen LogP contribution in [0, 0.1) is 11.6 Å². The molecule has 2 aromatic rings. The van der Waals surface area contributed by atoms with E-state index in [1.807, 2.05) is 0 Å². The lowest BCUT2D eigenvalue weighted by atomic mass is 10.1. The van der Waals surface area contributed by atoms with E-state index in [-0.39, 0.29) is 29.7 Å². The molecule has 0 radical (unpaired) electrons. The SMILES string of the molecule is C[C@@H](OC(=O)CCN1C(=O)c2ccccc2C1=O)C(=O)c1ccc(F)c(F)c1. The van der Waals surface area contributed by atoms with Gasteiger partial charge in [-0.25, -0.2) is 8.78 Å². The topological polar surface area (TPSA) is 80.8 Å². The van der Waals surface area contributed by atoms with E-state index in [0.29, 0.717) is 0 Å². The number of hydrogen-bond donors (Lipinski definition) is 0. The summed E-state index contributed by atoms with van der Waals surface area (Å²) in [5.74, 6) is -4.79. The van der Waals surface area contributed by atoms with E-state index in [2.05, 4.69) is 0 Å². The Hall–Kier alpha value is -3.42. The summed E-state index contributed by atoms with van der Waals surface area (Å²) in [6.45, 7) is 1.10. The third-order valence-electron chi connectivity index (χ3n) is 4.30. The first kappa shape index (κ1) is 19.3. The minimum atomic E-state index is -1.24. The summed E-state index contributed by atoms with van der Waals surface area (Å²) in [6.07, 6.45) is -1.54. The Morgan fingerprint density at radius 3 is 2.18 bits per heavy atom. The number of carbonyl (C=O) groups excluding carboxylic acids is 4. The molecule has 1 aliphatic rings. The zero-order valence-electron chi connectivity index (χ0n) is 14.8. The summed E-state index contributed by atoms with van der Waals surface area (Å²) in [6, 6.07) is 8.93. The van der Waals surface area contributed by atoms with Crippen LogP contribution >= 0.6 is 0 Å². The highest BCUT2D eigenvalue weighted by atomic mass is 19.2. The van der Waals surface area contributed by atoms with Gasteiger partial charge in [0.1, 0.15) is 0 Å². The lowest BCUT2D eigenvalue weighted by molar-refractivity contribution is -0.146. The summed E-state index contributed by atoms with van der Waals surface area (Å²) in [5, 5.41) is 0. The molecule has 1 heterocycles. The molecule has 0 saturated heterocycles. The molecule has 0 aromatic heterocycles. The number of nitrogens with zero attached hydrogens (tertiary/aromatic N) is 1. The zero-order valence-corrected chi connectivity index (χ0v) is 14.8. The molecule has 1 atom stereocenters. The van der Waals surface area contributed by atoms with Crippen molar-refractivity contribution in [1.29, 1.82) is 0 Å². The van der Waals surface area contributed by atoms with Crippen LogP contribution < -0.4 is 0 Å². The second kappa shape index (κ2) is 7.67. The molecule has 28 heavy (non-hydrogen) atoms. The largest absolute Gasteiger partial charge is 0.454 e. The highest BCUT2D eigenvalue weighted by Crippen LogP contribution is 2.22. The molecule has 0 aliphatic carbocycles. The van der Waals surface area contributed by atoms with E-state index >= 15 is 0 Å². The maximum atomic E-state index is 13.2. The molecular formula is C20H15F2NO5. The minimum Gasteiger partial charge on any atom is -0.454 e. The fourth-order valence-corrected chi connectivity index (χ4v) is 2.84. The van der Waals surface area contributed by atoms with Gasteiger partial charge >= 0.3 is 5.97 Å². The predicted octanol–water partition coefficient (Wildman–Crippen LogP) is 2.77. The number of imide groups is 1. The highest BCUT2D eigenvalue weighted by molar-refractivity contribution is 6.21. The number of fused-ring (bicyclic) bond motifs is 1. The van der Waals surface area contributed by atoms with Gasteiger partial charge in [0.15, 0.2) is 17.7 Å². The highest BCUT2D eigenvalue weighted by Gasteiger charge is 2.35. The maximum absolute atomic E-state index is 13.2. The number of carbonyl (C=O) groups is 4. The van der Waals surface area contributed by atoms with Crippen molar-refractivity contribution in [3.05, 3.63) is 70.8 Å². The smallest absolute Gasteiger partial charge is 0.308 e. The molecular weight excluding hydrogens is 372 g/mol. The minimum absolute atomic E-state index is 0.139. The molecule has 2 amide bonds. The molecule has 0 N–H and O–H groups in total. The summed E-state index contributed by atoms with van der Waals surface area (Å²) in [7, 11) is 0. The number of amides is 2. The van der Waals surface area contributed by atoms with Crippen LogP contribution in [-0.2, 0) is 9.53 Å². The van der Waals surface area contributed by atoms with Gasteiger partial charge in [0.25, 0.3) is 11.8 Å². The lowest BCUT2D eigenvalue weighted by Crippen LogP contribution is -2.33.